The Labute approximate surface area is 213 Å². The van der Waals surface area contributed by atoms with Crippen molar-refractivity contribution in [3.05, 3.63) is 84.4 Å². The van der Waals surface area contributed by atoms with Crippen LogP contribution < -0.4 is 10.1 Å². The number of anilines is 1. The highest BCUT2D eigenvalue weighted by atomic mass is 32.2. The van der Waals surface area contributed by atoms with E-state index in [1.165, 1.54) is 17.3 Å². The summed E-state index contributed by atoms with van der Waals surface area (Å²) in [5.41, 5.74) is 4.53. The number of hydrogen-bond donors (Lipinski definition) is 1. The van der Waals surface area contributed by atoms with Gasteiger partial charge in [-0.15, -0.1) is 10.2 Å². The average molecular weight is 498 g/mol. The quantitative estimate of drug-likeness (QED) is 0.262. The fraction of sp³-hybridized carbons (Fsp3) is 0.214. The summed E-state index contributed by atoms with van der Waals surface area (Å²) in [6, 6.07) is 25.9. The van der Waals surface area contributed by atoms with E-state index in [9.17, 15) is 4.79 Å². The molecule has 8 heteroatoms. The Balaban J connectivity index is 1.43. The molecule has 3 aromatic carbocycles. The minimum Gasteiger partial charge on any atom is -0.495 e. The average Bonchev–Trinajstić information content (AvgIpc) is 3.24. The highest BCUT2D eigenvalue weighted by Crippen LogP contribution is 2.30. The van der Waals surface area contributed by atoms with Crippen molar-refractivity contribution >= 4 is 45.4 Å². The van der Waals surface area contributed by atoms with Crippen molar-refractivity contribution in [1.29, 1.82) is 0 Å². The molecule has 36 heavy (non-hydrogen) atoms. The van der Waals surface area contributed by atoms with E-state index in [-0.39, 0.29) is 11.2 Å². The summed E-state index contributed by atoms with van der Waals surface area (Å²) < 4.78 is 7.56. The van der Waals surface area contributed by atoms with Gasteiger partial charge in [0.15, 0.2) is 5.65 Å². The lowest BCUT2D eigenvalue weighted by Gasteiger charge is -2.15. The molecule has 0 aliphatic carbocycles. The molecule has 0 fully saturated rings. The molecule has 1 N–H and O–H groups in total. The number of fused-ring (bicyclic) bond motifs is 3. The maximum Gasteiger partial charge on any atom is 0.238 e. The number of aromatic nitrogens is 4. The van der Waals surface area contributed by atoms with Crippen LogP contribution in [0.15, 0.2) is 84.0 Å². The maximum absolute atomic E-state index is 13.1. The Hall–Kier alpha value is -3.91. The van der Waals surface area contributed by atoms with Gasteiger partial charge in [0.05, 0.1) is 23.6 Å². The maximum atomic E-state index is 13.1. The van der Waals surface area contributed by atoms with Gasteiger partial charge in [0.2, 0.25) is 11.1 Å². The molecule has 182 valence electrons. The number of nitrogens with one attached hydrogen (secondary N) is 1. The Bertz CT molecular complexity index is 1500. The number of amides is 1. The molecule has 0 radical (unpaired) electrons. The van der Waals surface area contributed by atoms with E-state index in [0.29, 0.717) is 23.0 Å². The van der Waals surface area contributed by atoms with Crippen LogP contribution in [0.5, 0.6) is 5.75 Å². The van der Waals surface area contributed by atoms with Crippen LogP contribution in [0.3, 0.4) is 0 Å². The van der Waals surface area contributed by atoms with Gasteiger partial charge in [0.1, 0.15) is 11.3 Å². The smallest absolute Gasteiger partial charge is 0.238 e. The van der Waals surface area contributed by atoms with Crippen LogP contribution in [0, 0.1) is 0 Å². The highest BCUT2D eigenvalue weighted by molar-refractivity contribution is 8.00. The van der Waals surface area contributed by atoms with Crippen LogP contribution in [0.1, 0.15) is 18.9 Å². The van der Waals surface area contributed by atoms with Gasteiger partial charge in [0.25, 0.3) is 0 Å². The lowest BCUT2D eigenvalue weighted by Crippen LogP contribution is -2.25. The van der Waals surface area contributed by atoms with Gasteiger partial charge in [-0.1, -0.05) is 79.3 Å². The summed E-state index contributed by atoms with van der Waals surface area (Å²) >= 11 is 1.33. The van der Waals surface area contributed by atoms with Gasteiger partial charge in [-0.3, -0.25) is 4.79 Å². The van der Waals surface area contributed by atoms with Crippen molar-refractivity contribution < 1.29 is 9.53 Å². The first-order chi connectivity index (χ1) is 17.7. The number of aryl methyl sites for hydroxylation is 2. The molecule has 0 bridgehead atoms. The van der Waals surface area contributed by atoms with E-state index >= 15 is 0 Å². The second kappa shape index (κ2) is 10.8. The summed E-state index contributed by atoms with van der Waals surface area (Å²) in [6.07, 6.45) is 1.49. The first kappa shape index (κ1) is 23.8. The van der Waals surface area contributed by atoms with Gasteiger partial charge < -0.3 is 14.6 Å². The highest BCUT2D eigenvalue weighted by Gasteiger charge is 2.22. The van der Waals surface area contributed by atoms with Crippen LogP contribution >= 0.6 is 11.8 Å². The zero-order chi connectivity index (χ0) is 24.9. The van der Waals surface area contributed by atoms with E-state index in [1.807, 2.05) is 49.4 Å². The summed E-state index contributed by atoms with van der Waals surface area (Å²) in [5.74, 6) is 0.494. The lowest BCUT2D eigenvalue weighted by atomic mass is 10.1. The normalized spacial score (nSPS) is 12.1. The third kappa shape index (κ3) is 4.90. The van der Waals surface area contributed by atoms with Gasteiger partial charge in [0, 0.05) is 11.9 Å². The number of carbonyl (C=O) groups is 1. The van der Waals surface area contributed by atoms with Crippen molar-refractivity contribution in [3.63, 3.8) is 0 Å². The number of para-hydroxylation sites is 3. The number of hydrogen-bond acceptors (Lipinski definition) is 6. The molecule has 1 amide bonds. The van der Waals surface area contributed by atoms with Crippen molar-refractivity contribution in [3.8, 4) is 5.75 Å². The van der Waals surface area contributed by atoms with Crippen molar-refractivity contribution in [2.75, 3.05) is 12.4 Å². The molecule has 0 saturated heterocycles. The van der Waals surface area contributed by atoms with E-state index in [1.54, 1.807) is 7.11 Å². The monoisotopic (exact) mass is 497 g/mol. The molecule has 0 aliphatic rings. The number of carbonyl (C=O) groups excluding carboxylic acids is 1. The SMILES string of the molecule is CCC(Sc1nnc2c3ccccc3n(CCc3ccccc3)c2n1)C(=O)Nc1ccccc1OC. The Kier molecular flexibility index (Phi) is 7.13. The molecule has 0 saturated carbocycles. The van der Waals surface area contributed by atoms with E-state index in [4.69, 9.17) is 9.72 Å². The summed E-state index contributed by atoms with van der Waals surface area (Å²) in [6.45, 7) is 2.74. The molecule has 7 nitrogen and oxygen atoms in total. The van der Waals surface area contributed by atoms with Crippen LogP contribution in [-0.2, 0) is 17.8 Å². The second-order valence-electron chi connectivity index (χ2n) is 8.38. The standard InChI is InChI=1S/C28H27N5O2S/c1-3-24(27(34)29-21-14-8-10-16-23(21)35-2)36-28-30-26-25(31-32-28)20-13-7-9-15-22(20)33(26)18-17-19-11-5-4-6-12-19/h4-16,24H,3,17-18H2,1-2H3,(H,29,34). The predicted molar refractivity (Wildman–Crippen MR) is 145 cm³/mol. The van der Waals surface area contributed by atoms with Gasteiger partial charge >= 0.3 is 0 Å². The summed E-state index contributed by atoms with van der Waals surface area (Å²) in [7, 11) is 1.59. The largest absolute Gasteiger partial charge is 0.495 e. The van der Waals surface area contributed by atoms with Gasteiger partial charge in [-0.25, -0.2) is 4.98 Å². The van der Waals surface area contributed by atoms with Crippen LogP contribution in [-0.4, -0.2) is 38.0 Å². The zero-order valence-corrected chi connectivity index (χ0v) is 21.0. The number of nitrogens with zero attached hydrogens (tertiary/aromatic N) is 4. The zero-order valence-electron chi connectivity index (χ0n) is 20.2. The molecule has 1 unspecified atom stereocenters. The van der Waals surface area contributed by atoms with Gasteiger partial charge in [-0.05, 0) is 36.6 Å². The summed E-state index contributed by atoms with van der Waals surface area (Å²) in [5, 5.41) is 13.0. The van der Waals surface area contributed by atoms with E-state index in [0.717, 1.165) is 35.0 Å². The number of rotatable bonds is 9. The van der Waals surface area contributed by atoms with Crippen LogP contribution in [0.2, 0.25) is 0 Å². The third-order valence-electron chi connectivity index (χ3n) is 6.10. The fourth-order valence-electron chi connectivity index (χ4n) is 4.26. The number of ether oxygens (including phenoxy) is 1. The van der Waals surface area contributed by atoms with Crippen LogP contribution in [0.25, 0.3) is 22.1 Å². The Morgan fingerprint density at radius 2 is 1.75 bits per heavy atom. The van der Waals surface area contributed by atoms with E-state index < -0.39 is 0 Å². The molecule has 0 spiro atoms. The molecule has 5 rings (SSSR count). The second-order valence-corrected chi connectivity index (χ2v) is 9.55. The van der Waals surface area contributed by atoms with Crippen LogP contribution in [0.4, 0.5) is 5.69 Å². The molecule has 0 aliphatic heterocycles. The first-order valence-electron chi connectivity index (χ1n) is 11.9. The minimum absolute atomic E-state index is 0.125. The number of thioether (sulfide) groups is 1. The lowest BCUT2D eigenvalue weighted by molar-refractivity contribution is -0.115. The topological polar surface area (TPSA) is 81.9 Å². The molecule has 2 aromatic heterocycles. The predicted octanol–water partition coefficient (Wildman–Crippen LogP) is 5.74. The Morgan fingerprint density at radius 1 is 1.00 bits per heavy atom. The third-order valence-corrected chi connectivity index (χ3v) is 7.31. The molecule has 5 aromatic rings. The van der Waals surface area contributed by atoms with Crippen molar-refractivity contribution in [2.45, 2.75) is 36.7 Å². The van der Waals surface area contributed by atoms with E-state index in [2.05, 4.69) is 56.5 Å². The Morgan fingerprint density at radius 3 is 2.56 bits per heavy atom. The minimum atomic E-state index is -0.378. The molecular formula is C28H27N5O2S. The fourth-order valence-corrected chi connectivity index (χ4v) is 5.08. The van der Waals surface area contributed by atoms with Crippen molar-refractivity contribution in [1.82, 2.24) is 19.7 Å². The summed E-state index contributed by atoms with van der Waals surface area (Å²) in [4.78, 5) is 18.0. The first-order valence-corrected chi connectivity index (χ1v) is 12.8. The van der Waals surface area contributed by atoms with Crippen molar-refractivity contribution in [2.24, 2.45) is 0 Å². The molecule has 2 heterocycles. The number of benzene rings is 3. The van der Waals surface area contributed by atoms with Gasteiger partial charge in [-0.2, -0.15) is 0 Å². The molecule has 1 atom stereocenters. The number of methoxy groups -OCH3 is 1. The molecular weight excluding hydrogens is 470 g/mol.